The Morgan fingerprint density at radius 2 is 2.00 bits per heavy atom. The van der Waals surface area contributed by atoms with Gasteiger partial charge in [-0.2, -0.15) is 0 Å². The van der Waals surface area contributed by atoms with E-state index in [0.29, 0.717) is 25.2 Å². The molecule has 0 spiro atoms. The van der Waals surface area contributed by atoms with Crippen LogP contribution in [0.2, 0.25) is 0 Å². The predicted octanol–water partition coefficient (Wildman–Crippen LogP) is 1.13. The minimum Gasteiger partial charge on any atom is -0.386 e. The zero-order valence-corrected chi connectivity index (χ0v) is 10.7. The maximum absolute atomic E-state index is 12.1. The number of likely N-dealkylation sites (tertiary alicyclic amines) is 1. The van der Waals surface area contributed by atoms with Crippen LogP contribution in [0.3, 0.4) is 0 Å². The molecule has 0 radical (unpaired) electrons. The van der Waals surface area contributed by atoms with Gasteiger partial charge in [0.2, 0.25) is 0 Å². The Hall–Kier alpha value is -1.39. The highest BCUT2D eigenvalue weighted by Gasteiger charge is 2.42. The van der Waals surface area contributed by atoms with E-state index >= 15 is 0 Å². The molecule has 4 nitrogen and oxygen atoms in total. The van der Waals surface area contributed by atoms with Crippen molar-refractivity contribution in [3.05, 3.63) is 35.4 Å². The van der Waals surface area contributed by atoms with Crippen molar-refractivity contribution in [3.63, 3.8) is 0 Å². The van der Waals surface area contributed by atoms with Gasteiger partial charge in [0.05, 0.1) is 18.7 Å². The molecule has 1 aromatic carbocycles. The lowest BCUT2D eigenvalue weighted by atomic mass is 9.88. The van der Waals surface area contributed by atoms with Gasteiger partial charge in [-0.25, -0.2) is 0 Å². The third kappa shape index (κ3) is 2.54. The minimum absolute atomic E-state index is 0.0145. The maximum atomic E-state index is 12.1. The number of amides is 1. The van der Waals surface area contributed by atoms with Crippen LogP contribution in [0.1, 0.15) is 35.7 Å². The first-order valence-electron chi connectivity index (χ1n) is 6.38. The van der Waals surface area contributed by atoms with Crippen LogP contribution in [0.25, 0.3) is 0 Å². The molecule has 0 aromatic heterocycles. The lowest BCUT2D eigenvalue weighted by Gasteiger charge is -2.46. The van der Waals surface area contributed by atoms with E-state index in [2.05, 4.69) is 0 Å². The van der Waals surface area contributed by atoms with Gasteiger partial charge in [0, 0.05) is 12.1 Å². The number of aliphatic hydroxyl groups is 1. The van der Waals surface area contributed by atoms with Crippen molar-refractivity contribution >= 4 is 5.91 Å². The Morgan fingerprint density at radius 1 is 1.39 bits per heavy atom. The molecule has 98 valence electrons. The quantitative estimate of drug-likeness (QED) is 0.839. The summed E-state index contributed by atoms with van der Waals surface area (Å²) in [6, 6.07) is 7.32. The molecule has 0 saturated carbocycles. The van der Waals surface area contributed by atoms with Crippen LogP contribution in [0.5, 0.6) is 0 Å². The summed E-state index contributed by atoms with van der Waals surface area (Å²) in [6.45, 7) is 3.40. The van der Waals surface area contributed by atoms with E-state index in [-0.39, 0.29) is 5.91 Å². The van der Waals surface area contributed by atoms with Gasteiger partial charge in [-0.05, 0) is 24.1 Å². The summed E-state index contributed by atoms with van der Waals surface area (Å²) in [5.74, 6) is -0.0145. The van der Waals surface area contributed by atoms with E-state index in [0.717, 1.165) is 18.4 Å². The molecule has 1 aliphatic heterocycles. The van der Waals surface area contributed by atoms with Crippen molar-refractivity contribution in [2.75, 3.05) is 13.1 Å². The lowest BCUT2D eigenvalue weighted by Crippen LogP contribution is -2.63. The molecule has 1 fully saturated rings. The second kappa shape index (κ2) is 5.08. The van der Waals surface area contributed by atoms with Crippen molar-refractivity contribution in [1.82, 2.24) is 4.90 Å². The van der Waals surface area contributed by atoms with Crippen molar-refractivity contribution in [2.45, 2.75) is 31.9 Å². The van der Waals surface area contributed by atoms with Crippen LogP contribution in [0, 0.1) is 0 Å². The van der Waals surface area contributed by atoms with Gasteiger partial charge in [0.1, 0.15) is 0 Å². The molecule has 1 heterocycles. The van der Waals surface area contributed by atoms with Crippen molar-refractivity contribution < 1.29 is 9.90 Å². The highest BCUT2D eigenvalue weighted by atomic mass is 16.3. The van der Waals surface area contributed by atoms with E-state index in [1.165, 1.54) is 0 Å². The Morgan fingerprint density at radius 3 is 2.50 bits per heavy atom. The fourth-order valence-electron chi connectivity index (χ4n) is 2.40. The molecule has 0 atom stereocenters. The summed E-state index contributed by atoms with van der Waals surface area (Å²) < 4.78 is 0. The molecule has 0 unspecified atom stereocenters. The zero-order valence-electron chi connectivity index (χ0n) is 10.7. The monoisotopic (exact) mass is 248 g/mol. The van der Waals surface area contributed by atoms with Gasteiger partial charge in [-0.15, -0.1) is 0 Å². The fraction of sp³-hybridized carbons (Fsp3) is 0.500. The molecular formula is C14H20N2O2. The SMILES string of the molecule is CCCC1(O)CN(C(=O)c2ccc(CN)cc2)C1. The second-order valence-electron chi connectivity index (χ2n) is 5.04. The molecule has 3 N–H and O–H groups in total. The van der Waals surface area contributed by atoms with Gasteiger partial charge < -0.3 is 15.7 Å². The molecule has 1 aliphatic rings. The van der Waals surface area contributed by atoms with E-state index in [4.69, 9.17) is 5.73 Å². The standard InChI is InChI=1S/C14H20N2O2/c1-2-7-14(18)9-16(10-14)13(17)12-5-3-11(8-15)4-6-12/h3-6,18H,2,7-10,15H2,1H3. The number of nitrogens with zero attached hydrogens (tertiary/aromatic N) is 1. The summed E-state index contributed by atoms with van der Waals surface area (Å²) in [7, 11) is 0. The number of nitrogens with two attached hydrogens (primary N) is 1. The smallest absolute Gasteiger partial charge is 0.254 e. The third-order valence-electron chi connectivity index (χ3n) is 3.41. The Balaban J connectivity index is 1.97. The third-order valence-corrected chi connectivity index (χ3v) is 3.41. The number of rotatable bonds is 4. The van der Waals surface area contributed by atoms with E-state index in [1.54, 1.807) is 17.0 Å². The van der Waals surface area contributed by atoms with Crippen LogP contribution < -0.4 is 5.73 Å². The van der Waals surface area contributed by atoms with Crippen molar-refractivity contribution in [2.24, 2.45) is 5.73 Å². The van der Waals surface area contributed by atoms with Crippen LogP contribution in [0.4, 0.5) is 0 Å². The summed E-state index contributed by atoms with van der Waals surface area (Å²) >= 11 is 0. The molecule has 2 rings (SSSR count). The Labute approximate surface area is 107 Å². The minimum atomic E-state index is -0.665. The average molecular weight is 248 g/mol. The van der Waals surface area contributed by atoms with Gasteiger partial charge in [0.15, 0.2) is 0 Å². The topological polar surface area (TPSA) is 66.6 Å². The Kier molecular flexibility index (Phi) is 3.68. The van der Waals surface area contributed by atoms with Crippen molar-refractivity contribution in [1.29, 1.82) is 0 Å². The summed E-state index contributed by atoms with van der Waals surface area (Å²) in [5, 5.41) is 10.0. The normalized spacial score (nSPS) is 17.4. The second-order valence-corrected chi connectivity index (χ2v) is 5.04. The zero-order chi connectivity index (χ0) is 13.2. The molecule has 0 bridgehead atoms. The van der Waals surface area contributed by atoms with Gasteiger partial charge in [0.25, 0.3) is 5.91 Å². The first kappa shape index (κ1) is 13.1. The first-order chi connectivity index (χ1) is 8.58. The number of carbonyl (C=O) groups excluding carboxylic acids is 1. The van der Waals surface area contributed by atoms with E-state index in [1.807, 2.05) is 19.1 Å². The molecule has 0 aliphatic carbocycles. The highest BCUT2D eigenvalue weighted by molar-refractivity contribution is 5.95. The number of carbonyl (C=O) groups is 1. The molecule has 4 heteroatoms. The van der Waals surface area contributed by atoms with Crippen molar-refractivity contribution in [3.8, 4) is 0 Å². The average Bonchev–Trinajstić information content (AvgIpc) is 2.35. The largest absolute Gasteiger partial charge is 0.386 e. The maximum Gasteiger partial charge on any atom is 0.254 e. The molecule has 1 aromatic rings. The van der Waals surface area contributed by atoms with Gasteiger partial charge in [-0.3, -0.25) is 4.79 Å². The number of hydrogen-bond acceptors (Lipinski definition) is 3. The lowest BCUT2D eigenvalue weighted by molar-refractivity contribution is -0.0860. The number of hydrogen-bond donors (Lipinski definition) is 2. The molecular weight excluding hydrogens is 228 g/mol. The van der Waals surface area contributed by atoms with Crippen LogP contribution in [0.15, 0.2) is 24.3 Å². The van der Waals surface area contributed by atoms with E-state index in [9.17, 15) is 9.90 Å². The number of benzene rings is 1. The fourth-order valence-corrected chi connectivity index (χ4v) is 2.40. The molecule has 18 heavy (non-hydrogen) atoms. The van der Waals surface area contributed by atoms with E-state index < -0.39 is 5.60 Å². The summed E-state index contributed by atoms with van der Waals surface area (Å²) in [4.78, 5) is 13.8. The van der Waals surface area contributed by atoms with Crippen LogP contribution in [-0.4, -0.2) is 34.6 Å². The van der Waals surface area contributed by atoms with Crippen LogP contribution in [-0.2, 0) is 6.54 Å². The predicted molar refractivity (Wildman–Crippen MR) is 70.1 cm³/mol. The summed E-state index contributed by atoms with van der Waals surface area (Å²) in [6.07, 6.45) is 1.69. The highest BCUT2D eigenvalue weighted by Crippen LogP contribution is 2.27. The van der Waals surface area contributed by atoms with Crippen LogP contribution >= 0.6 is 0 Å². The first-order valence-corrected chi connectivity index (χ1v) is 6.38. The number of β-amino-alcohol motifs (C(OH)–C–C–N with tert-alkyl or cyclic N) is 1. The van der Waals surface area contributed by atoms with Gasteiger partial charge in [-0.1, -0.05) is 25.5 Å². The molecule has 1 saturated heterocycles. The Bertz CT molecular complexity index is 422. The summed E-state index contributed by atoms with van der Waals surface area (Å²) in [5.41, 5.74) is 6.52. The van der Waals surface area contributed by atoms with Gasteiger partial charge >= 0.3 is 0 Å². The molecule has 1 amide bonds.